The number of aromatic nitrogens is 2. The fraction of sp³-hybridized carbons (Fsp3) is 0.750. The predicted molar refractivity (Wildman–Crippen MR) is 63.3 cm³/mol. The van der Waals surface area contributed by atoms with Crippen molar-refractivity contribution in [2.45, 2.75) is 31.3 Å². The van der Waals surface area contributed by atoms with Crippen LogP contribution in [-0.2, 0) is 5.54 Å². The Hall–Kier alpha value is -0.870. The Balaban J connectivity index is 1.66. The number of hydrogen-bond donors (Lipinski definition) is 1. The Morgan fingerprint density at radius 1 is 1.50 bits per heavy atom. The number of rotatable bonds is 3. The molecule has 1 N–H and O–H groups in total. The Morgan fingerprint density at radius 3 is 3.00 bits per heavy atom. The number of piperazine rings is 1. The lowest BCUT2D eigenvalue weighted by molar-refractivity contribution is 0.171. The minimum atomic E-state index is 0.369. The largest absolute Gasteiger partial charge is 0.330 e. The minimum Gasteiger partial charge on any atom is -0.330 e. The van der Waals surface area contributed by atoms with E-state index in [9.17, 15) is 0 Å². The Labute approximate surface area is 96.7 Å². The smallest absolute Gasteiger partial charge is 0.0951 e. The average molecular weight is 220 g/mol. The molecule has 0 unspecified atom stereocenters. The number of hydrogen-bond acceptors (Lipinski definition) is 3. The van der Waals surface area contributed by atoms with E-state index in [-0.39, 0.29) is 0 Å². The second-order valence-electron chi connectivity index (χ2n) is 5.28. The maximum absolute atomic E-state index is 4.17. The summed E-state index contributed by atoms with van der Waals surface area (Å²) in [5.74, 6) is 0. The molecule has 1 saturated carbocycles. The van der Waals surface area contributed by atoms with Crippen molar-refractivity contribution in [3.05, 3.63) is 18.7 Å². The number of imidazole rings is 1. The summed E-state index contributed by atoms with van der Waals surface area (Å²) >= 11 is 0. The summed E-state index contributed by atoms with van der Waals surface area (Å²) in [7, 11) is 0. The molecular weight excluding hydrogens is 200 g/mol. The molecule has 3 rings (SSSR count). The van der Waals surface area contributed by atoms with E-state index in [0.29, 0.717) is 11.6 Å². The molecule has 0 amide bonds. The van der Waals surface area contributed by atoms with Crippen LogP contribution < -0.4 is 5.32 Å². The summed E-state index contributed by atoms with van der Waals surface area (Å²) in [6, 6.07) is 0.632. The second kappa shape index (κ2) is 3.86. The van der Waals surface area contributed by atoms with Crippen molar-refractivity contribution >= 4 is 0 Å². The monoisotopic (exact) mass is 220 g/mol. The fourth-order valence-electron chi connectivity index (χ4n) is 2.75. The molecule has 1 aliphatic heterocycles. The molecule has 2 fully saturated rings. The van der Waals surface area contributed by atoms with Crippen LogP contribution >= 0.6 is 0 Å². The average Bonchev–Trinajstić information content (AvgIpc) is 2.84. The molecule has 1 atom stereocenters. The Kier molecular flexibility index (Phi) is 2.48. The third-order valence-electron chi connectivity index (χ3n) is 3.85. The van der Waals surface area contributed by atoms with Crippen molar-refractivity contribution in [3.63, 3.8) is 0 Å². The van der Waals surface area contributed by atoms with E-state index in [0.717, 1.165) is 6.54 Å². The van der Waals surface area contributed by atoms with Gasteiger partial charge in [0.2, 0.25) is 0 Å². The summed E-state index contributed by atoms with van der Waals surface area (Å²) in [5.41, 5.74) is 0.369. The van der Waals surface area contributed by atoms with E-state index in [1.54, 1.807) is 0 Å². The summed E-state index contributed by atoms with van der Waals surface area (Å²) in [6.07, 6.45) is 8.58. The standard InChI is InChI=1S/C12H20N4/c1-11-8-15(6-5-14-11)9-12(2-3-12)16-7-4-13-10-16/h4,7,10-11,14H,2-3,5-6,8-9H2,1H3/t11-/m1/s1. The topological polar surface area (TPSA) is 33.1 Å². The van der Waals surface area contributed by atoms with Crippen molar-refractivity contribution in [1.82, 2.24) is 19.8 Å². The van der Waals surface area contributed by atoms with E-state index in [2.05, 4.69) is 32.9 Å². The van der Waals surface area contributed by atoms with Gasteiger partial charge in [0.1, 0.15) is 0 Å². The molecule has 4 nitrogen and oxygen atoms in total. The lowest BCUT2D eigenvalue weighted by Gasteiger charge is -2.34. The van der Waals surface area contributed by atoms with Crippen molar-refractivity contribution in [2.24, 2.45) is 0 Å². The van der Waals surface area contributed by atoms with Gasteiger partial charge in [-0.25, -0.2) is 4.98 Å². The lowest BCUT2D eigenvalue weighted by Crippen LogP contribution is -2.51. The summed E-state index contributed by atoms with van der Waals surface area (Å²) in [5, 5.41) is 3.49. The third kappa shape index (κ3) is 1.87. The van der Waals surface area contributed by atoms with Gasteiger partial charge in [0.05, 0.1) is 11.9 Å². The van der Waals surface area contributed by atoms with Gasteiger partial charge < -0.3 is 9.88 Å². The van der Waals surface area contributed by atoms with Crippen LogP contribution in [0.1, 0.15) is 19.8 Å². The molecule has 0 spiro atoms. The maximum atomic E-state index is 4.17. The zero-order chi connectivity index (χ0) is 11.0. The first-order valence-corrected chi connectivity index (χ1v) is 6.23. The first-order chi connectivity index (χ1) is 7.78. The molecule has 1 aromatic rings. The lowest BCUT2D eigenvalue weighted by atomic mass is 10.2. The number of nitrogens with zero attached hydrogens (tertiary/aromatic N) is 3. The van der Waals surface area contributed by atoms with Gasteiger partial charge in [0.25, 0.3) is 0 Å². The van der Waals surface area contributed by atoms with Crippen molar-refractivity contribution in [1.29, 1.82) is 0 Å². The van der Waals surface area contributed by atoms with Crippen LogP contribution in [-0.4, -0.2) is 46.7 Å². The van der Waals surface area contributed by atoms with Gasteiger partial charge in [0, 0.05) is 44.6 Å². The summed E-state index contributed by atoms with van der Waals surface area (Å²) < 4.78 is 2.31. The van der Waals surface area contributed by atoms with E-state index in [1.807, 2.05) is 12.5 Å². The van der Waals surface area contributed by atoms with Gasteiger partial charge >= 0.3 is 0 Å². The normalized spacial score (nSPS) is 29.2. The van der Waals surface area contributed by atoms with Crippen LogP contribution in [0.25, 0.3) is 0 Å². The van der Waals surface area contributed by atoms with Crippen molar-refractivity contribution < 1.29 is 0 Å². The molecule has 1 aliphatic carbocycles. The van der Waals surface area contributed by atoms with Crippen molar-refractivity contribution in [2.75, 3.05) is 26.2 Å². The summed E-state index contributed by atoms with van der Waals surface area (Å²) in [6.45, 7) is 6.94. The molecule has 1 aromatic heterocycles. The van der Waals surface area contributed by atoms with Gasteiger partial charge in [-0.05, 0) is 19.8 Å². The minimum absolute atomic E-state index is 0.369. The molecule has 0 aromatic carbocycles. The Morgan fingerprint density at radius 2 is 2.38 bits per heavy atom. The van der Waals surface area contributed by atoms with Crippen LogP contribution in [0, 0.1) is 0 Å². The maximum Gasteiger partial charge on any atom is 0.0951 e. The number of nitrogens with one attached hydrogen (secondary N) is 1. The first kappa shape index (κ1) is 10.3. The molecule has 0 radical (unpaired) electrons. The molecule has 2 aliphatic rings. The molecule has 88 valence electrons. The fourth-order valence-corrected chi connectivity index (χ4v) is 2.75. The van der Waals surface area contributed by atoms with Gasteiger partial charge in [0.15, 0.2) is 0 Å². The van der Waals surface area contributed by atoms with Crippen LogP contribution in [0.4, 0.5) is 0 Å². The molecular formula is C12H20N4. The van der Waals surface area contributed by atoms with E-state index >= 15 is 0 Å². The molecule has 4 heteroatoms. The van der Waals surface area contributed by atoms with Gasteiger partial charge in [-0.15, -0.1) is 0 Å². The van der Waals surface area contributed by atoms with Crippen molar-refractivity contribution in [3.8, 4) is 0 Å². The zero-order valence-electron chi connectivity index (χ0n) is 9.89. The van der Waals surface area contributed by atoms with Crippen LogP contribution in [0.15, 0.2) is 18.7 Å². The zero-order valence-corrected chi connectivity index (χ0v) is 9.89. The molecule has 16 heavy (non-hydrogen) atoms. The molecule has 1 saturated heterocycles. The van der Waals surface area contributed by atoms with Crippen LogP contribution in [0.3, 0.4) is 0 Å². The highest BCUT2D eigenvalue weighted by atomic mass is 15.3. The van der Waals surface area contributed by atoms with E-state index in [1.165, 1.54) is 32.5 Å². The SMILES string of the molecule is C[C@@H]1CN(CC2(n3ccnc3)CC2)CCN1. The molecule has 0 bridgehead atoms. The van der Waals surface area contributed by atoms with Gasteiger partial charge in [-0.1, -0.05) is 0 Å². The molecule has 2 heterocycles. The Bertz CT molecular complexity index is 342. The van der Waals surface area contributed by atoms with Gasteiger partial charge in [-0.3, -0.25) is 4.90 Å². The van der Waals surface area contributed by atoms with E-state index < -0.39 is 0 Å². The van der Waals surface area contributed by atoms with Crippen LogP contribution in [0.5, 0.6) is 0 Å². The third-order valence-corrected chi connectivity index (χ3v) is 3.85. The second-order valence-corrected chi connectivity index (χ2v) is 5.28. The summed E-state index contributed by atoms with van der Waals surface area (Å²) in [4.78, 5) is 6.76. The first-order valence-electron chi connectivity index (χ1n) is 6.23. The quantitative estimate of drug-likeness (QED) is 0.812. The predicted octanol–water partition coefficient (Wildman–Crippen LogP) is 0.666. The van der Waals surface area contributed by atoms with Crippen LogP contribution in [0.2, 0.25) is 0 Å². The highest BCUT2D eigenvalue weighted by molar-refractivity contribution is 5.04. The highest BCUT2D eigenvalue weighted by Crippen LogP contribution is 2.44. The highest BCUT2D eigenvalue weighted by Gasteiger charge is 2.45. The van der Waals surface area contributed by atoms with Gasteiger partial charge in [-0.2, -0.15) is 0 Å². The van der Waals surface area contributed by atoms with E-state index in [4.69, 9.17) is 0 Å².